The van der Waals surface area contributed by atoms with E-state index in [1.54, 1.807) is 7.11 Å². The van der Waals surface area contributed by atoms with Gasteiger partial charge in [-0.25, -0.2) is 0 Å². The van der Waals surface area contributed by atoms with Gasteiger partial charge in [0.1, 0.15) is 5.75 Å². The normalized spacial score (nSPS) is 12.1. The molecule has 0 aliphatic heterocycles. The third kappa shape index (κ3) is 4.87. The number of rotatable bonds is 7. The van der Waals surface area contributed by atoms with Gasteiger partial charge in [0, 0.05) is 10.5 Å². The van der Waals surface area contributed by atoms with Crippen molar-refractivity contribution >= 4 is 15.9 Å². The second-order valence-electron chi connectivity index (χ2n) is 5.06. The molecular formula is C18H22BrNO. The molecule has 112 valence electrons. The predicted octanol–water partition coefficient (Wildman–Crippen LogP) is 4.74. The van der Waals surface area contributed by atoms with Crippen LogP contribution in [0.5, 0.6) is 5.75 Å². The molecule has 3 heteroatoms. The quantitative estimate of drug-likeness (QED) is 0.780. The summed E-state index contributed by atoms with van der Waals surface area (Å²) in [6, 6.07) is 17.3. The summed E-state index contributed by atoms with van der Waals surface area (Å²) in [6.45, 7) is 3.19. The standard InChI is InChI=1S/C18H22BrNO/c1-3-18(15-6-8-16(19)9-7-15)20-13-12-14-4-10-17(21-2)11-5-14/h4-11,18,20H,3,12-13H2,1-2H3. The molecule has 0 fully saturated rings. The lowest BCUT2D eigenvalue weighted by Gasteiger charge is -2.17. The summed E-state index contributed by atoms with van der Waals surface area (Å²) in [5.41, 5.74) is 2.67. The van der Waals surface area contributed by atoms with Gasteiger partial charge in [-0.3, -0.25) is 0 Å². The molecule has 0 radical (unpaired) electrons. The third-order valence-electron chi connectivity index (χ3n) is 3.64. The maximum atomic E-state index is 5.18. The molecule has 1 unspecified atom stereocenters. The molecule has 0 aliphatic rings. The molecule has 0 saturated carbocycles. The van der Waals surface area contributed by atoms with Crippen molar-refractivity contribution in [3.63, 3.8) is 0 Å². The molecule has 0 amide bonds. The maximum absolute atomic E-state index is 5.18. The van der Waals surface area contributed by atoms with Gasteiger partial charge in [0.15, 0.2) is 0 Å². The van der Waals surface area contributed by atoms with Crippen LogP contribution in [0.15, 0.2) is 53.0 Å². The summed E-state index contributed by atoms with van der Waals surface area (Å²) in [7, 11) is 1.70. The van der Waals surface area contributed by atoms with E-state index >= 15 is 0 Å². The highest BCUT2D eigenvalue weighted by atomic mass is 79.9. The van der Waals surface area contributed by atoms with E-state index in [0.717, 1.165) is 29.6 Å². The largest absolute Gasteiger partial charge is 0.497 e. The average Bonchev–Trinajstić information content (AvgIpc) is 2.53. The molecule has 1 atom stereocenters. The lowest BCUT2D eigenvalue weighted by molar-refractivity contribution is 0.414. The van der Waals surface area contributed by atoms with Crippen LogP contribution < -0.4 is 10.1 Å². The zero-order chi connectivity index (χ0) is 15.1. The molecule has 2 aromatic carbocycles. The lowest BCUT2D eigenvalue weighted by Crippen LogP contribution is -2.23. The van der Waals surface area contributed by atoms with Crippen LogP contribution in [0.2, 0.25) is 0 Å². The second kappa shape index (κ2) is 8.20. The van der Waals surface area contributed by atoms with Crippen LogP contribution in [0.25, 0.3) is 0 Å². The van der Waals surface area contributed by atoms with Crippen LogP contribution in [0, 0.1) is 0 Å². The number of halogens is 1. The van der Waals surface area contributed by atoms with Gasteiger partial charge in [-0.1, -0.05) is 47.1 Å². The Morgan fingerprint density at radius 3 is 2.29 bits per heavy atom. The van der Waals surface area contributed by atoms with Gasteiger partial charge in [-0.15, -0.1) is 0 Å². The number of benzene rings is 2. The van der Waals surface area contributed by atoms with E-state index in [1.165, 1.54) is 11.1 Å². The van der Waals surface area contributed by atoms with Crippen LogP contribution in [-0.2, 0) is 6.42 Å². The topological polar surface area (TPSA) is 21.3 Å². The van der Waals surface area contributed by atoms with Crippen molar-refractivity contribution in [1.29, 1.82) is 0 Å². The molecule has 2 rings (SSSR count). The van der Waals surface area contributed by atoms with Crippen LogP contribution >= 0.6 is 15.9 Å². The Morgan fingerprint density at radius 1 is 1.05 bits per heavy atom. The Bertz CT molecular complexity index is 536. The first-order chi connectivity index (χ1) is 10.2. The Balaban J connectivity index is 1.86. The highest BCUT2D eigenvalue weighted by Gasteiger charge is 2.08. The van der Waals surface area contributed by atoms with Crippen molar-refractivity contribution in [3.8, 4) is 5.75 Å². The first-order valence-electron chi connectivity index (χ1n) is 7.34. The minimum absolute atomic E-state index is 0.413. The summed E-state index contributed by atoms with van der Waals surface area (Å²) in [5, 5.41) is 3.64. The first-order valence-corrected chi connectivity index (χ1v) is 8.14. The minimum Gasteiger partial charge on any atom is -0.497 e. The van der Waals surface area contributed by atoms with Gasteiger partial charge in [0.25, 0.3) is 0 Å². The molecule has 0 spiro atoms. The van der Waals surface area contributed by atoms with Gasteiger partial charge in [0.05, 0.1) is 7.11 Å². The second-order valence-corrected chi connectivity index (χ2v) is 5.98. The van der Waals surface area contributed by atoms with Crippen LogP contribution in [0.4, 0.5) is 0 Å². The molecule has 0 aliphatic carbocycles. The average molecular weight is 348 g/mol. The Morgan fingerprint density at radius 2 is 1.71 bits per heavy atom. The van der Waals surface area contributed by atoms with Crippen molar-refractivity contribution in [2.75, 3.05) is 13.7 Å². The number of ether oxygens (including phenoxy) is 1. The summed E-state index contributed by atoms with van der Waals surface area (Å²) < 4.78 is 6.30. The van der Waals surface area contributed by atoms with E-state index in [-0.39, 0.29) is 0 Å². The van der Waals surface area contributed by atoms with Crippen molar-refractivity contribution < 1.29 is 4.74 Å². The fourth-order valence-electron chi connectivity index (χ4n) is 2.38. The van der Waals surface area contributed by atoms with Crippen LogP contribution in [0.3, 0.4) is 0 Å². The Labute approximate surface area is 135 Å². The molecule has 0 saturated heterocycles. The van der Waals surface area contributed by atoms with Gasteiger partial charge < -0.3 is 10.1 Å². The minimum atomic E-state index is 0.413. The van der Waals surface area contributed by atoms with Crippen molar-refractivity contribution in [2.45, 2.75) is 25.8 Å². The fraction of sp³-hybridized carbons (Fsp3) is 0.333. The number of methoxy groups -OCH3 is 1. The molecule has 21 heavy (non-hydrogen) atoms. The summed E-state index contributed by atoms with van der Waals surface area (Å²) >= 11 is 3.48. The molecule has 0 heterocycles. The summed E-state index contributed by atoms with van der Waals surface area (Å²) in [6.07, 6.45) is 2.11. The van der Waals surface area contributed by atoms with Crippen LogP contribution in [0.1, 0.15) is 30.5 Å². The van der Waals surface area contributed by atoms with Crippen molar-refractivity contribution in [2.24, 2.45) is 0 Å². The van der Waals surface area contributed by atoms with Crippen LogP contribution in [-0.4, -0.2) is 13.7 Å². The monoisotopic (exact) mass is 347 g/mol. The van der Waals surface area contributed by atoms with E-state index in [0.29, 0.717) is 6.04 Å². The number of hydrogen-bond acceptors (Lipinski definition) is 2. The SMILES string of the molecule is CCC(NCCc1ccc(OC)cc1)c1ccc(Br)cc1. The van der Waals surface area contributed by atoms with E-state index in [1.807, 2.05) is 12.1 Å². The third-order valence-corrected chi connectivity index (χ3v) is 4.17. The number of nitrogens with one attached hydrogen (secondary N) is 1. The van der Waals surface area contributed by atoms with Gasteiger partial charge in [-0.05, 0) is 54.8 Å². The lowest BCUT2D eigenvalue weighted by atomic mass is 10.0. The Kier molecular flexibility index (Phi) is 6.27. The fourth-order valence-corrected chi connectivity index (χ4v) is 2.64. The zero-order valence-corrected chi connectivity index (χ0v) is 14.2. The van der Waals surface area contributed by atoms with Gasteiger partial charge in [-0.2, -0.15) is 0 Å². The predicted molar refractivity (Wildman–Crippen MR) is 91.9 cm³/mol. The van der Waals surface area contributed by atoms with E-state index in [9.17, 15) is 0 Å². The molecule has 2 aromatic rings. The van der Waals surface area contributed by atoms with Crippen molar-refractivity contribution in [1.82, 2.24) is 5.32 Å². The van der Waals surface area contributed by atoms with Crippen molar-refractivity contribution in [3.05, 3.63) is 64.1 Å². The van der Waals surface area contributed by atoms with E-state index in [2.05, 4.69) is 64.6 Å². The zero-order valence-electron chi connectivity index (χ0n) is 12.6. The molecule has 0 bridgehead atoms. The highest BCUT2D eigenvalue weighted by Crippen LogP contribution is 2.19. The molecule has 2 nitrogen and oxygen atoms in total. The summed E-state index contributed by atoms with van der Waals surface area (Å²) in [4.78, 5) is 0. The molecule has 0 aromatic heterocycles. The summed E-state index contributed by atoms with van der Waals surface area (Å²) in [5.74, 6) is 0.910. The van der Waals surface area contributed by atoms with Gasteiger partial charge >= 0.3 is 0 Å². The van der Waals surface area contributed by atoms with E-state index in [4.69, 9.17) is 4.74 Å². The van der Waals surface area contributed by atoms with E-state index < -0.39 is 0 Å². The van der Waals surface area contributed by atoms with Gasteiger partial charge in [0.2, 0.25) is 0 Å². The maximum Gasteiger partial charge on any atom is 0.118 e. The number of hydrogen-bond donors (Lipinski definition) is 1. The first kappa shape index (κ1) is 16.1. The Hall–Kier alpha value is -1.32. The highest BCUT2D eigenvalue weighted by molar-refractivity contribution is 9.10. The smallest absolute Gasteiger partial charge is 0.118 e. The molecule has 1 N–H and O–H groups in total. The molecular weight excluding hydrogens is 326 g/mol.